The summed E-state index contributed by atoms with van der Waals surface area (Å²) in [6.07, 6.45) is 3.56. The highest BCUT2D eigenvalue weighted by Crippen LogP contribution is 2.33. The van der Waals surface area contributed by atoms with Gasteiger partial charge < -0.3 is 9.88 Å². The van der Waals surface area contributed by atoms with E-state index < -0.39 is 0 Å². The molecule has 2 heterocycles. The van der Waals surface area contributed by atoms with E-state index in [9.17, 15) is 4.79 Å². The predicted molar refractivity (Wildman–Crippen MR) is 104 cm³/mol. The van der Waals surface area contributed by atoms with Gasteiger partial charge in [0.25, 0.3) is 5.91 Å². The van der Waals surface area contributed by atoms with E-state index in [2.05, 4.69) is 42.2 Å². The second-order valence-electron chi connectivity index (χ2n) is 5.09. The van der Waals surface area contributed by atoms with Crippen LogP contribution >= 0.6 is 54.8 Å². The van der Waals surface area contributed by atoms with Crippen LogP contribution in [-0.4, -0.2) is 15.5 Å². The highest BCUT2D eigenvalue weighted by atomic mass is 79.9. The number of thiophene rings is 1. The zero-order valence-corrected chi connectivity index (χ0v) is 17.2. The van der Waals surface area contributed by atoms with Gasteiger partial charge in [0.15, 0.2) is 0 Å². The fraction of sp³-hybridized carbons (Fsp3) is 0.125. The van der Waals surface area contributed by atoms with Gasteiger partial charge in [-0.2, -0.15) is 0 Å². The molecule has 4 nitrogen and oxygen atoms in total. The Hall–Kier alpha value is -1.15. The lowest BCUT2D eigenvalue weighted by Gasteiger charge is -2.19. The molecular formula is C16H12Br2ClN3OS. The zero-order valence-electron chi connectivity index (χ0n) is 12.5. The maximum atomic E-state index is 12.7. The van der Waals surface area contributed by atoms with Gasteiger partial charge in [0, 0.05) is 28.9 Å². The Balaban J connectivity index is 1.94. The van der Waals surface area contributed by atoms with Gasteiger partial charge in [-0.05, 0) is 55.6 Å². The van der Waals surface area contributed by atoms with Gasteiger partial charge in [-0.15, -0.1) is 11.3 Å². The number of imidazole rings is 1. The predicted octanol–water partition coefficient (Wildman–Crippen LogP) is 5.18. The second-order valence-corrected chi connectivity index (χ2v) is 8.75. The van der Waals surface area contributed by atoms with E-state index in [-0.39, 0.29) is 11.9 Å². The molecule has 1 atom stereocenters. The second kappa shape index (κ2) is 7.39. The molecule has 2 aromatic heterocycles. The van der Waals surface area contributed by atoms with E-state index in [4.69, 9.17) is 11.6 Å². The summed E-state index contributed by atoms with van der Waals surface area (Å²) in [5.74, 6) is 0.592. The highest BCUT2D eigenvalue weighted by molar-refractivity contribution is 9.13. The van der Waals surface area contributed by atoms with Gasteiger partial charge in [0.05, 0.1) is 8.66 Å². The molecule has 8 heteroatoms. The molecule has 0 radical (unpaired) electrons. The average molecular weight is 490 g/mol. The van der Waals surface area contributed by atoms with Crippen molar-refractivity contribution in [2.24, 2.45) is 7.05 Å². The van der Waals surface area contributed by atoms with Crippen molar-refractivity contribution in [3.8, 4) is 0 Å². The van der Waals surface area contributed by atoms with E-state index in [0.717, 1.165) is 19.6 Å². The molecule has 1 amide bonds. The number of halogens is 3. The smallest absolute Gasteiger partial charge is 0.262 e. The van der Waals surface area contributed by atoms with Crippen molar-refractivity contribution in [3.05, 3.63) is 72.3 Å². The number of nitrogens with zero attached hydrogens (tertiary/aromatic N) is 2. The van der Waals surface area contributed by atoms with E-state index >= 15 is 0 Å². The summed E-state index contributed by atoms with van der Waals surface area (Å²) in [6.45, 7) is 0. The van der Waals surface area contributed by atoms with Crippen LogP contribution in [0.25, 0.3) is 0 Å². The number of rotatable bonds is 4. The maximum Gasteiger partial charge on any atom is 0.262 e. The summed E-state index contributed by atoms with van der Waals surface area (Å²) < 4.78 is 3.63. The number of hydrogen-bond acceptors (Lipinski definition) is 3. The summed E-state index contributed by atoms with van der Waals surface area (Å²) in [4.78, 5) is 17.7. The first-order valence-electron chi connectivity index (χ1n) is 6.94. The van der Waals surface area contributed by atoms with Gasteiger partial charge >= 0.3 is 0 Å². The van der Waals surface area contributed by atoms with Crippen molar-refractivity contribution in [1.82, 2.24) is 14.9 Å². The third-order valence-corrected chi connectivity index (χ3v) is 6.97. The van der Waals surface area contributed by atoms with Crippen molar-refractivity contribution >= 4 is 60.7 Å². The molecule has 0 spiro atoms. The molecule has 0 fully saturated rings. The van der Waals surface area contributed by atoms with Gasteiger partial charge in [0.2, 0.25) is 0 Å². The minimum Gasteiger partial charge on any atom is -0.337 e. The SMILES string of the molecule is Cn1ccnc1[C@H](NC(=O)c1cc(Br)c(Br)s1)c1ccc(Cl)cc1. The van der Waals surface area contributed by atoms with Crippen molar-refractivity contribution in [1.29, 1.82) is 0 Å². The molecule has 0 unspecified atom stereocenters. The largest absolute Gasteiger partial charge is 0.337 e. The number of carbonyl (C=O) groups excluding carboxylic acids is 1. The van der Waals surface area contributed by atoms with Gasteiger partial charge in [-0.3, -0.25) is 4.79 Å². The van der Waals surface area contributed by atoms with Gasteiger partial charge in [0.1, 0.15) is 11.9 Å². The van der Waals surface area contributed by atoms with E-state index in [0.29, 0.717) is 9.90 Å². The van der Waals surface area contributed by atoms with Crippen LogP contribution in [0.2, 0.25) is 5.02 Å². The fourth-order valence-electron chi connectivity index (χ4n) is 2.27. The first kappa shape index (κ1) is 17.7. The van der Waals surface area contributed by atoms with Crippen LogP contribution in [0.1, 0.15) is 27.1 Å². The Bertz CT molecular complexity index is 856. The minimum absolute atomic E-state index is 0.158. The molecule has 0 aliphatic rings. The Labute approximate surface area is 165 Å². The van der Waals surface area contributed by atoms with E-state index in [1.807, 2.05) is 29.9 Å². The summed E-state index contributed by atoms with van der Waals surface area (Å²) in [7, 11) is 1.90. The first-order valence-corrected chi connectivity index (χ1v) is 9.72. The van der Waals surface area contributed by atoms with Crippen molar-refractivity contribution in [2.45, 2.75) is 6.04 Å². The number of carbonyl (C=O) groups is 1. The molecule has 1 aromatic carbocycles. The van der Waals surface area contributed by atoms with Crippen LogP contribution in [-0.2, 0) is 7.05 Å². The van der Waals surface area contributed by atoms with E-state index in [1.165, 1.54) is 11.3 Å². The van der Waals surface area contributed by atoms with Crippen molar-refractivity contribution in [3.63, 3.8) is 0 Å². The number of hydrogen-bond donors (Lipinski definition) is 1. The Morgan fingerprint density at radius 3 is 2.58 bits per heavy atom. The molecule has 0 saturated heterocycles. The molecule has 3 aromatic rings. The standard InChI is InChI=1S/C16H12Br2ClN3OS/c1-22-7-6-20-15(22)13(9-2-4-10(19)5-3-9)21-16(23)12-8-11(17)14(18)24-12/h2-8,13H,1H3,(H,21,23)/t13-/m1/s1. The quantitative estimate of drug-likeness (QED) is 0.549. The summed E-state index contributed by atoms with van der Waals surface area (Å²) in [5, 5.41) is 3.70. The molecule has 3 rings (SSSR count). The summed E-state index contributed by atoms with van der Waals surface area (Å²) >= 11 is 14.2. The number of aromatic nitrogens is 2. The average Bonchev–Trinajstić information content (AvgIpc) is 3.12. The van der Waals surface area contributed by atoms with E-state index in [1.54, 1.807) is 24.4 Å². The lowest BCUT2D eigenvalue weighted by Crippen LogP contribution is -2.30. The Kier molecular flexibility index (Phi) is 5.44. The molecule has 0 bridgehead atoms. The zero-order chi connectivity index (χ0) is 17.3. The first-order chi connectivity index (χ1) is 11.5. The van der Waals surface area contributed by atoms with Crippen LogP contribution in [0, 0.1) is 0 Å². The molecule has 0 aliphatic heterocycles. The highest BCUT2D eigenvalue weighted by Gasteiger charge is 2.22. The Morgan fingerprint density at radius 1 is 1.33 bits per heavy atom. The van der Waals surface area contributed by atoms with Gasteiger partial charge in [-0.25, -0.2) is 4.98 Å². The molecule has 0 saturated carbocycles. The number of aryl methyl sites for hydroxylation is 1. The molecule has 24 heavy (non-hydrogen) atoms. The van der Waals surface area contributed by atoms with Crippen molar-refractivity contribution in [2.75, 3.05) is 0 Å². The van der Waals surface area contributed by atoms with Crippen LogP contribution in [0.5, 0.6) is 0 Å². The normalized spacial score (nSPS) is 12.2. The van der Waals surface area contributed by atoms with Crippen LogP contribution in [0.15, 0.2) is 51.0 Å². The van der Waals surface area contributed by atoms with Gasteiger partial charge in [-0.1, -0.05) is 23.7 Å². The molecule has 124 valence electrons. The fourth-order valence-corrected chi connectivity index (χ4v) is 4.33. The third-order valence-electron chi connectivity index (χ3n) is 3.46. The van der Waals surface area contributed by atoms with Crippen molar-refractivity contribution < 1.29 is 4.79 Å². The monoisotopic (exact) mass is 487 g/mol. The number of nitrogens with one attached hydrogen (secondary N) is 1. The number of amides is 1. The topological polar surface area (TPSA) is 46.9 Å². The molecule has 0 aliphatic carbocycles. The van der Waals surface area contributed by atoms with Crippen LogP contribution < -0.4 is 5.32 Å². The lowest BCUT2D eigenvalue weighted by atomic mass is 10.1. The lowest BCUT2D eigenvalue weighted by molar-refractivity contribution is 0.0945. The third kappa shape index (κ3) is 3.74. The van der Waals surface area contributed by atoms with Crippen LogP contribution in [0.4, 0.5) is 0 Å². The van der Waals surface area contributed by atoms with Crippen LogP contribution in [0.3, 0.4) is 0 Å². The summed E-state index contributed by atoms with van der Waals surface area (Å²) in [5.41, 5.74) is 0.914. The molecule has 1 N–H and O–H groups in total. The maximum absolute atomic E-state index is 12.7. The number of benzene rings is 1. The minimum atomic E-state index is -0.366. The molecular weight excluding hydrogens is 478 g/mol. The Morgan fingerprint density at radius 2 is 2.04 bits per heavy atom. The summed E-state index contributed by atoms with van der Waals surface area (Å²) in [6, 6.07) is 8.81.